The summed E-state index contributed by atoms with van der Waals surface area (Å²) in [6.07, 6.45) is 57.3. The molecule has 0 saturated carbocycles. The predicted molar refractivity (Wildman–Crippen MR) is 261 cm³/mol. The molecule has 0 heterocycles. The number of rotatable bonds is 49. The van der Waals surface area contributed by atoms with Crippen LogP contribution in [0.3, 0.4) is 0 Å². The molecule has 0 fully saturated rings. The Bertz CT molecular complexity index is 989. The third-order valence-corrected chi connectivity index (χ3v) is 11.9. The van der Waals surface area contributed by atoms with E-state index in [9.17, 15) is 14.4 Å². The van der Waals surface area contributed by atoms with E-state index in [4.69, 9.17) is 14.2 Å². The summed E-state index contributed by atoms with van der Waals surface area (Å²) >= 11 is 0. The Balaban J connectivity index is 4.31. The van der Waals surface area contributed by atoms with Crippen molar-refractivity contribution in [1.29, 1.82) is 0 Å². The lowest BCUT2D eigenvalue weighted by Gasteiger charge is -2.18. The molecule has 0 bridgehead atoms. The van der Waals surface area contributed by atoms with Gasteiger partial charge >= 0.3 is 17.9 Å². The molecule has 0 aliphatic rings. The minimum Gasteiger partial charge on any atom is -0.462 e. The molecule has 0 aliphatic heterocycles. The monoisotopic (exact) mass is 859 g/mol. The van der Waals surface area contributed by atoms with Gasteiger partial charge in [-0.1, -0.05) is 225 Å². The van der Waals surface area contributed by atoms with E-state index in [0.717, 1.165) is 64.2 Å². The van der Waals surface area contributed by atoms with Crippen LogP contribution in [0.15, 0.2) is 24.3 Å². The zero-order chi connectivity index (χ0) is 44.4. The number of carbonyl (C=O) groups excluding carboxylic acids is 3. The Morgan fingerprint density at radius 3 is 0.820 bits per heavy atom. The van der Waals surface area contributed by atoms with Crippen molar-refractivity contribution in [3.8, 4) is 0 Å². The number of hydrogen-bond acceptors (Lipinski definition) is 6. The molecule has 1 unspecified atom stereocenters. The molecule has 61 heavy (non-hydrogen) atoms. The van der Waals surface area contributed by atoms with Gasteiger partial charge in [-0.3, -0.25) is 14.4 Å². The smallest absolute Gasteiger partial charge is 0.306 e. The summed E-state index contributed by atoms with van der Waals surface area (Å²) in [5.41, 5.74) is 0. The van der Waals surface area contributed by atoms with E-state index in [1.165, 1.54) is 186 Å². The largest absolute Gasteiger partial charge is 0.462 e. The Morgan fingerprint density at radius 2 is 0.541 bits per heavy atom. The standard InChI is InChI=1S/C55H102O6/c1-4-7-10-13-16-19-22-24-26-27-28-30-31-33-36-39-42-45-48-54(57)60-51-52(50-59-53(56)47-44-41-38-35-21-18-15-12-9-6-3)61-55(58)49-46-43-40-37-34-32-29-25-23-20-17-14-11-8-5-2/h25-27,29,52H,4-24,28,30-51H2,1-3H3/b27-26-,29-25-. The van der Waals surface area contributed by atoms with E-state index in [1.807, 2.05) is 0 Å². The van der Waals surface area contributed by atoms with Crippen LogP contribution in [0.5, 0.6) is 0 Å². The fourth-order valence-electron chi connectivity index (χ4n) is 7.84. The van der Waals surface area contributed by atoms with E-state index in [2.05, 4.69) is 45.1 Å². The maximum atomic E-state index is 12.8. The number of ether oxygens (including phenoxy) is 3. The molecule has 358 valence electrons. The van der Waals surface area contributed by atoms with Gasteiger partial charge in [-0.15, -0.1) is 0 Å². The molecular weight excluding hydrogens is 757 g/mol. The number of unbranched alkanes of at least 4 members (excludes halogenated alkanes) is 34. The highest BCUT2D eigenvalue weighted by Crippen LogP contribution is 2.15. The second-order valence-corrected chi connectivity index (χ2v) is 18.1. The lowest BCUT2D eigenvalue weighted by Crippen LogP contribution is -2.30. The van der Waals surface area contributed by atoms with Crippen molar-refractivity contribution in [3.05, 3.63) is 24.3 Å². The first-order valence-corrected chi connectivity index (χ1v) is 26.8. The molecule has 0 radical (unpaired) electrons. The summed E-state index contributed by atoms with van der Waals surface area (Å²) < 4.78 is 16.8. The second kappa shape index (κ2) is 50.5. The van der Waals surface area contributed by atoms with E-state index in [0.29, 0.717) is 19.3 Å². The van der Waals surface area contributed by atoms with Gasteiger partial charge in [0.05, 0.1) is 0 Å². The summed E-state index contributed by atoms with van der Waals surface area (Å²) in [6.45, 7) is 6.64. The fourth-order valence-corrected chi connectivity index (χ4v) is 7.84. The Hall–Kier alpha value is -2.11. The number of carbonyl (C=O) groups is 3. The van der Waals surface area contributed by atoms with Gasteiger partial charge in [-0.05, 0) is 70.6 Å². The second-order valence-electron chi connectivity index (χ2n) is 18.1. The molecule has 0 aromatic rings. The van der Waals surface area contributed by atoms with Crippen molar-refractivity contribution in [1.82, 2.24) is 0 Å². The first-order valence-electron chi connectivity index (χ1n) is 26.8. The molecule has 0 spiro atoms. The Morgan fingerprint density at radius 1 is 0.311 bits per heavy atom. The molecule has 1 atom stereocenters. The number of allylic oxidation sites excluding steroid dienone is 4. The lowest BCUT2D eigenvalue weighted by atomic mass is 10.1. The number of hydrogen-bond donors (Lipinski definition) is 0. The van der Waals surface area contributed by atoms with Crippen LogP contribution in [0, 0.1) is 0 Å². The van der Waals surface area contributed by atoms with Crippen molar-refractivity contribution >= 4 is 17.9 Å². The minimum absolute atomic E-state index is 0.0724. The summed E-state index contributed by atoms with van der Waals surface area (Å²) in [6, 6.07) is 0. The van der Waals surface area contributed by atoms with Gasteiger partial charge in [0.25, 0.3) is 0 Å². The van der Waals surface area contributed by atoms with Crippen LogP contribution in [0.1, 0.15) is 290 Å². The van der Waals surface area contributed by atoms with Gasteiger partial charge in [0.1, 0.15) is 13.2 Å². The normalized spacial score (nSPS) is 12.1. The van der Waals surface area contributed by atoms with E-state index in [-0.39, 0.29) is 31.1 Å². The maximum absolute atomic E-state index is 12.8. The predicted octanol–water partition coefficient (Wildman–Crippen LogP) is 17.5. The Kier molecular flexibility index (Phi) is 48.8. The van der Waals surface area contributed by atoms with Crippen LogP contribution < -0.4 is 0 Å². The van der Waals surface area contributed by atoms with E-state index < -0.39 is 6.10 Å². The lowest BCUT2D eigenvalue weighted by molar-refractivity contribution is -0.167. The highest BCUT2D eigenvalue weighted by molar-refractivity contribution is 5.71. The first kappa shape index (κ1) is 58.9. The minimum atomic E-state index is -0.772. The molecule has 0 rings (SSSR count). The van der Waals surface area contributed by atoms with Crippen LogP contribution in [0.2, 0.25) is 0 Å². The van der Waals surface area contributed by atoms with Gasteiger partial charge in [0, 0.05) is 19.3 Å². The highest BCUT2D eigenvalue weighted by atomic mass is 16.6. The van der Waals surface area contributed by atoms with Crippen LogP contribution in [0.4, 0.5) is 0 Å². The summed E-state index contributed by atoms with van der Waals surface area (Å²) in [5.74, 6) is -0.873. The van der Waals surface area contributed by atoms with Gasteiger partial charge in [-0.25, -0.2) is 0 Å². The molecule has 0 aromatic heterocycles. The van der Waals surface area contributed by atoms with Crippen LogP contribution in [0.25, 0.3) is 0 Å². The fraction of sp³-hybridized carbons (Fsp3) is 0.873. The summed E-state index contributed by atoms with van der Waals surface area (Å²) in [7, 11) is 0. The molecule has 0 N–H and O–H groups in total. The Labute approximate surface area is 379 Å². The first-order chi connectivity index (χ1) is 30.0. The van der Waals surface area contributed by atoms with Crippen molar-refractivity contribution < 1.29 is 28.6 Å². The summed E-state index contributed by atoms with van der Waals surface area (Å²) in [4.78, 5) is 37.9. The average molecular weight is 859 g/mol. The molecule has 0 aliphatic carbocycles. The average Bonchev–Trinajstić information content (AvgIpc) is 3.26. The van der Waals surface area contributed by atoms with Gasteiger partial charge in [0.2, 0.25) is 0 Å². The molecule has 0 saturated heterocycles. The topological polar surface area (TPSA) is 78.9 Å². The van der Waals surface area contributed by atoms with Gasteiger partial charge < -0.3 is 14.2 Å². The SMILES string of the molecule is CCCCCCCC/C=C\CCCCCCCC(=O)OC(COC(=O)CCCCCCCCC/C=C\CCCCCCCCC)COC(=O)CCCCCCCCCCCC. The van der Waals surface area contributed by atoms with Crippen LogP contribution in [-0.4, -0.2) is 37.2 Å². The quantitative estimate of drug-likeness (QED) is 0.0262. The van der Waals surface area contributed by atoms with E-state index >= 15 is 0 Å². The maximum Gasteiger partial charge on any atom is 0.306 e. The molecule has 6 nitrogen and oxygen atoms in total. The summed E-state index contributed by atoms with van der Waals surface area (Å²) in [5, 5.41) is 0. The molecule has 0 amide bonds. The van der Waals surface area contributed by atoms with Crippen molar-refractivity contribution in [2.75, 3.05) is 13.2 Å². The van der Waals surface area contributed by atoms with Crippen LogP contribution >= 0.6 is 0 Å². The third-order valence-electron chi connectivity index (χ3n) is 11.9. The van der Waals surface area contributed by atoms with Crippen molar-refractivity contribution in [2.24, 2.45) is 0 Å². The van der Waals surface area contributed by atoms with Crippen molar-refractivity contribution in [3.63, 3.8) is 0 Å². The molecular formula is C55H102O6. The zero-order valence-electron chi connectivity index (χ0n) is 40.9. The molecule has 6 heteroatoms. The van der Waals surface area contributed by atoms with E-state index in [1.54, 1.807) is 0 Å². The van der Waals surface area contributed by atoms with Crippen molar-refractivity contribution in [2.45, 2.75) is 297 Å². The number of esters is 3. The highest BCUT2D eigenvalue weighted by Gasteiger charge is 2.19. The molecule has 0 aromatic carbocycles. The zero-order valence-corrected chi connectivity index (χ0v) is 40.9. The van der Waals surface area contributed by atoms with Crippen LogP contribution in [-0.2, 0) is 28.6 Å². The van der Waals surface area contributed by atoms with Gasteiger partial charge in [0.15, 0.2) is 6.10 Å². The third kappa shape index (κ3) is 48.8. The van der Waals surface area contributed by atoms with Gasteiger partial charge in [-0.2, -0.15) is 0 Å².